The maximum atomic E-state index is 10.9. The van der Waals surface area contributed by atoms with Gasteiger partial charge in [-0.1, -0.05) is 0 Å². The van der Waals surface area contributed by atoms with E-state index in [1.807, 2.05) is 0 Å². The fourth-order valence-electron chi connectivity index (χ4n) is 0.511. The normalized spacial score (nSPS) is 11.4. The third-order valence-corrected chi connectivity index (χ3v) is 1.09. The minimum Gasteiger partial charge on any atom is -0.480 e. The van der Waals surface area contributed by atoms with Gasteiger partial charge in [-0.15, -0.1) is 0 Å². The van der Waals surface area contributed by atoms with E-state index in [1.165, 1.54) is 0 Å². The molecule has 0 saturated carbocycles. The van der Waals surface area contributed by atoms with Crippen LogP contribution in [0.1, 0.15) is 6.92 Å². The van der Waals surface area contributed by atoms with Crippen molar-refractivity contribution in [1.29, 1.82) is 0 Å². The maximum absolute atomic E-state index is 10.9. The molecule has 0 heterocycles. The van der Waals surface area contributed by atoms with Crippen LogP contribution < -0.4 is 10.7 Å². The smallest absolute Gasteiger partial charge is 0.322 e. The highest BCUT2D eigenvalue weighted by atomic mass is 16.4. The third kappa shape index (κ3) is 4.26. The fourth-order valence-corrected chi connectivity index (χ4v) is 0.511. The molecular weight excluding hydrogens is 162 g/mol. The lowest BCUT2D eigenvalue weighted by molar-refractivity contribution is -0.138. The molecule has 12 heavy (non-hydrogen) atoms. The highest BCUT2D eigenvalue weighted by Gasteiger charge is 2.11. The second-order valence-corrected chi connectivity index (χ2v) is 2.12. The van der Waals surface area contributed by atoms with Gasteiger partial charge < -0.3 is 10.4 Å². The first kappa shape index (κ1) is 10.4. The number of hydrazone groups is 1. The van der Waals surface area contributed by atoms with Gasteiger partial charge in [0, 0.05) is 6.72 Å². The number of carboxylic acid groups (broad SMARTS) is 1. The lowest BCUT2D eigenvalue weighted by Crippen LogP contribution is -2.41. The predicted octanol–water partition coefficient (Wildman–Crippen LogP) is -1.22. The van der Waals surface area contributed by atoms with E-state index in [2.05, 4.69) is 22.6 Å². The standard InChI is InChI=1S/C6H11N3O3/c1-4(9-7-2)6(12)8-3-5(10)11/h4,9H,2-3H2,1H3,(H,8,12)(H,10,11)/t4-/m0/s1. The van der Waals surface area contributed by atoms with Crippen molar-refractivity contribution >= 4 is 18.6 Å². The van der Waals surface area contributed by atoms with E-state index in [4.69, 9.17) is 5.11 Å². The second kappa shape index (κ2) is 5.11. The molecule has 0 aromatic carbocycles. The summed E-state index contributed by atoms with van der Waals surface area (Å²) >= 11 is 0. The van der Waals surface area contributed by atoms with Gasteiger partial charge in [-0.2, -0.15) is 5.10 Å². The van der Waals surface area contributed by atoms with Crippen molar-refractivity contribution in [3.63, 3.8) is 0 Å². The molecule has 0 aliphatic heterocycles. The van der Waals surface area contributed by atoms with Crippen molar-refractivity contribution in [2.75, 3.05) is 6.54 Å². The van der Waals surface area contributed by atoms with Gasteiger partial charge in [0.15, 0.2) is 0 Å². The molecule has 0 aliphatic rings. The predicted molar refractivity (Wildman–Crippen MR) is 42.8 cm³/mol. The summed E-state index contributed by atoms with van der Waals surface area (Å²) in [5, 5.41) is 13.7. The Morgan fingerprint density at radius 1 is 1.67 bits per heavy atom. The van der Waals surface area contributed by atoms with Crippen molar-refractivity contribution in [2.45, 2.75) is 13.0 Å². The first-order valence-corrected chi connectivity index (χ1v) is 3.28. The summed E-state index contributed by atoms with van der Waals surface area (Å²) in [6.07, 6.45) is 0. The van der Waals surface area contributed by atoms with Crippen molar-refractivity contribution in [2.24, 2.45) is 5.10 Å². The van der Waals surface area contributed by atoms with Crippen molar-refractivity contribution in [3.05, 3.63) is 0 Å². The molecule has 0 fully saturated rings. The molecule has 6 heteroatoms. The highest BCUT2D eigenvalue weighted by Crippen LogP contribution is 1.80. The summed E-state index contributed by atoms with van der Waals surface area (Å²) in [5.74, 6) is -1.51. The van der Waals surface area contributed by atoms with Crippen LogP contribution in [0.3, 0.4) is 0 Å². The van der Waals surface area contributed by atoms with Gasteiger partial charge in [0.05, 0.1) is 0 Å². The fraction of sp³-hybridized carbons (Fsp3) is 0.500. The van der Waals surface area contributed by atoms with E-state index in [1.54, 1.807) is 6.92 Å². The van der Waals surface area contributed by atoms with E-state index >= 15 is 0 Å². The summed E-state index contributed by atoms with van der Waals surface area (Å²) in [5.41, 5.74) is 2.38. The quantitative estimate of drug-likeness (QED) is 0.359. The number of nitrogens with one attached hydrogen (secondary N) is 2. The number of carboxylic acids is 1. The van der Waals surface area contributed by atoms with E-state index in [0.717, 1.165) is 0 Å². The topological polar surface area (TPSA) is 90.8 Å². The highest BCUT2D eigenvalue weighted by molar-refractivity contribution is 5.84. The largest absolute Gasteiger partial charge is 0.480 e. The van der Waals surface area contributed by atoms with E-state index in [-0.39, 0.29) is 6.54 Å². The molecule has 0 radical (unpaired) electrons. The summed E-state index contributed by atoms with van der Waals surface area (Å²) in [6, 6.07) is -0.568. The summed E-state index contributed by atoms with van der Waals surface area (Å²) in [7, 11) is 0. The number of carbonyl (C=O) groups excluding carboxylic acids is 1. The van der Waals surface area contributed by atoms with Gasteiger partial charge in [0.25, 0.3) is 0 Å². The van der Waals surface area contributed by atoms with Gasteiger partial charge >= 0.3 is 5.97 Å². The molecule has 68 valence electrons. The zero-order chi connectivity index (χ0) is 9.56. The Morgan fingerprint density at radius 2 is 2.25 bits per heavy atom. The van der Waals surface area contributed by atoms with Crippen LogP contribution in [0.2, 0.25) is 0 Å². The molecule has 0 saturated heterocycles. The molecule has 0 aliphatic carbocycles. The second-order valence-electron chi connectivity index (χ2n) is 2.12. The van der Waals surface area contributed by atoms with Gasteiger partial charge in [0.1, 0.15) is 12.6 Å². The Hall–Kier alpha value is -1.59. The number of carbonyl (C=O) groups is 2. The molecule has 0 spiro atoms. The summed E-state index contributed by atoms with van der Waals surface area (Å²) in [6.45, 7) is 4.28. The van der Waals surface area contributed by atoms with E-state index < -0.39 is 17.9 Å². The maximum Gasteiger partial charge on any atom is 0.322 e. The van der Waals surface area contributed by atoms with E-state index in [0.29, 0.717) is 0 Å². The minimum atomic E-state index is -1.08. The average molecular weight is 173 g/mol. The van der Waals surface area contributed by atoms with Crippen molar-refractivity contribution in [1.82, 2.24) is 10.7 Å². The van der Waals surface area contributed by atoms with Gasteiger partial charge in [-0.05, 0) is 6.92 Å². The monoisotopic (exact) mass is 173 g/mol. The van der Waals surface area contributed by atoms with Gasteiger partial charge in [-0.3, -0.25) is 15.0 Å². The first-order valence-electron chi connectivity index (χ1n) is 3.28. The molecule has 1 amide bonds. The van der Waals surface area contributed by atoms with Gasteiger partial charge in [-0.25, -0.2) is 0 Å². The number of nitrogens with zero attached hydrogens (tertiary/aromatic N) is 1. The minimum absolute atomic E-state index is 0.387. The van der Waals surface area contributed by atoms with Crippen LogP contribution in [0.15, 0.2) is 5.10 Å². The van der Waals surface area contributed by atoms with Crippen LogP contribution in [0, 0.1) is 0 Å². The zero-order valence-corrected chi connectivity index (χ0v) is 6.70. The molecule has 0 unspecified atom stereocenters. The number of hydrogen-bond acceptors (Lipinski definition) is 4. The average Bonchev–Trinajstić information content (AvgIpc) is 2.00. The Bertz CT molecular complexity index is 192. The SMILES string of the molecule is C=NN[C@@H](C)C(=O)NCC(=O)O. The van der Waals surface area contributed by atoms with Crippen LogP contribution in [0.25, 0.3) is 0 Å². The van der Waals surface area contributed by atoms with Crippen molar-refractivity contribution < 1.29 is 14.7 Å². The molecule has 3 N–H and O–H groups in total. The number of aliphatic carboxylic acids is 1. The van der Waals surface area contributed by atoms with Crippen LogP contribution >= 0.6 is 0 Å². The Morgan fingerprint density at radius 3 is 2.67 bits per heavy atom. The lowest BCUT2D eigenvalue weighted by atomic mass is 10.3. The van der Waals surface area contributed by atoms with Gasteiger partial charge in [0.2, 0.25) is 5.91 Å². The number of rotatable bonds is 5. The molecule has 6 nitrogen and oxygen atoms in total. The van der Waals surface area contributed by atoms with Crippen LogP contribution in [-0.4, -0.2) is 36.3 Å². The number of amides is 1. The molecule has 1 atom stereocenters. The summed E-state index contributed by atoms with van der Waals surface area (Å²) < 4.78 is 0. The molecular formula is C6H11N3O3. The van der Waals surface area contributed by atoms with Crippen molar-refractivity contribution in [3.8, 4) is 0 Å². The van der Waals surface area contributed by atoms with Crippen LogP contribution in [0.4, 0.5) is 0 Å². The summed E-state index contributed by atoms with van der Waals surface area (Å²) in [4.78, 5) is 20.9. The Kier molecular flexibility index (Phi) is 4.43. The van der Waals surface area contributed by atoms with Crippen LogP contribution in [-0.2, 0) is 9.59 Å². The van der Waals surface area contributed by atoms with E-state index in [9.17, 15) is 9.59 Å². The molecule has 0 rings (SSSR count). The zero-order valence-electron chi connectivity index (χ0n) is 6.70. The lowest BCUT2D eigenvalue weighted by Gasteiger charge is -2.09. The molecule has 0 aromatic heterocycles. The first-order chi connectivity index (χ1) is 5.57. The molecule has 0 bridgehead atoms. The molecule has 0 aromatic rings. The number of hydrogen-bond donors (Lipinski definition) is 3. The third-order valence-electron chi connectivity index (χ3n) is 1.09. The van der Waals surface area contributed by atoms with Crippen LogP contribution in [0.5, 0.6) is 0 Å². The Labute approximate surface area is 69.6 Å². The Balaban J connectivity index is 3.71.